The van der Waals surface area contributed by atoms with Gasteiger partial charge in [-0.3, -0.25) is 15.0 Å². The molecule has 110 valence electrons. The van der Waals surface area contributed by atoms with E-state index in [1.807, 2.05) is 0 Å². The van der Waals surface area contributed by atoms with Gasteiger partial charge < -0.3 is 5.11 Å². The molecule has 1 aromatic carbocycles. The zero-order chi connectivity index (χ0) is 14.9. The zero-order valence-corrected chi connectivity index (χ0v) is 10.4. The zero-order valence-electron chi connectivity index (χ0n) is 10.4. The van der Waals surface area contributed by atoms with Crippen molar-refractivity contribution in [3.05, 3.63) is 39.4 Å². The van der Waals surface area contributed by atoms with E-state index >= 15 is 0 Å². The molecule has 5 nitrogen and oxygen atoms in total. The summed E-state index contributed by atoms with van der Waals surface area (Å²) in [6, 6.07) is 4.30. The second kappa shape index (κ2) is 5.37. The number of alkyl halides is 3. The normalized spacial score (nSPS) is 18.2. The Labute approximate surface area is 112 Å². The lowest BCUT2D eigenvalue weighted by molar-refractivity contribution is -0.384. The van der Waals surface area contributed by atoms with Crippen LogP contribution in [0.5, 0.6) is 0 Å². The molecule has 0 fully saturated rings. The summed E-state index contributed by atoms with van der Waals surface area (Å²) >= 11 is 0. The summed E-state index contributed by atoms with van der Waals surface area (Å²) < 4.78 is 37.5. The van der Waals surface area contributed by atoms with Crippen molar-refractivity contribution in [1.82, 2.24) is 4.90 Å². The largest absolute Gasteiger partial charge is 0.428 e. The fourth-order valence-electron chi connectivity index (χ4n) is 2.29. The van der Waals surface area contributed by atoms with E-state index in [2.05, 4.69) is 0 Å². The molecule has 8 heteroatoms. The van der Waals surface area contributed by atoms with Gasteiger partial charge in [-0.05, 0) is 24.0 Å². The van der Waals surface area contributed by atoms with Crippen LogP contribution in [0.15, 0.2) is 18.2 Å². The molecule has 0 amide bonds. The van der Waals surface area contributed by atoms with E-state index in [4.69, 9.17) is 0 Å². The van der Waals surface area contributed by atoms with Crippen molar-refractivity contribution in [1.29, 1.82) is 0 Å². The number of aliphatic hydroxyl groups excluding tert-OH is 1. The van der Waals surface area contributed by atoms with Gasteiger partial charge >= 0.3 is 6.18 Å². The van der Waals surface area contributed by atoms with Crippen molar-refractivity contribution < 1.29 is 23.2 Å². The molecule has 1 unspecified atom stereocenters. The van der Waals surface area contributed by atoms with E-state index in [1.165, 1.54) is 12.1 Å². The highest BCUT2D eigenvalue weighted by molar-refractivity contribution is 5.40. The van der Waals surface area contributed by atoms with Crippen LogP contribution in [0.4, 0.5) is 18.9 Å². The standard InChI is InChI=1S/C12H13F3N2O3/c13-12(14,15)11(18)16-5-3-8-1-2-10(17(19)20)7-9(8)4-6-16/h1-2,7,11,18H,3-6H2. The average molecular weight is 290 g/mol. The first-order valence-electron chi connectivity index (χ1n) is 6.04. The number of nitro groups is 1. The van der Waals surface area contributed by atoms with Gasteiger partial charge in [-0.25, -0.2) is 0 Å². The van der Waals surface area contributed by atoms with Crippen molar-refractivity contribution in [2.75, 3.05) is 13.1 Å². The monoisotopic (exact) mass is 290 g/mol. The highest BCUT2D eigenvalue weighted by Crippen LogP contribution is 2.27. The number of aliphatic hydroxyl groups is 1. The van der Waals surface area contributed by atoms with Crippen LogP contribution in [0.3, 0.4) is 0 Å². The van der Waals surface area contributed by atoms with Crippen LogP contribution in [-0.4, -0.2) is 40.4 Å². The summed E-state index contributed by atoms with van der Waals surface area (Å²) in [5.41, 5.74) is 1.37. The Kier molecular flexibility index (Phi) is 3.96. The minimum atomic E-state index is -4.69. The van der Waals surface area contributed by atoms with E-state index in [9.17, 15) is 28.4 Å². The molecule has 1 atom stereocenters. The summed E-state index contributed by atoms with van der Waals surface area (Å²) in [6.07, 6.45) is -6.63. The predicted octanol–water partition coefficient (Wildman–Crippen LogP) is 1.88. The van der Waals surface area contributed by atoms with Gasteiger partial charge in [0.15, 0.2) is 0 Å². The molecule has 1 heterocycles. The lowest BCUT2D eigenvalue weighted by Gasteiger charge is -2.27. The third-order valence-corrected chi connectivity index (χ3v) is 3.38. The maximum absolute atomic E-state index is 12.5. The van der Waals surface area contributed by atoms with Crippen molar-refractivity contribution in [2.24, 2.45) is 0 Å². The molecule has 0 saturated carbocycles. The van der Waals surface area contributed by atoms with Crippen molar-refractivity contribution in [3.63, 3.8) is 0 Å². The van der Waals surface area contributed by atoms with E-state index in [1.54, 1.807) is 6.07 Å². The quantitative estimate of drug-likeness (QED) is 0.667. The number of hydrogen-bond acceptors (Lipinski definition) is 4. The fourth-order valence-corrected chi connectivity index (χ4v) is 2.29. The van der Waals surface area contributed by atoms with Crippen molar-refractivity contribution >= 4 is 5.69 Å². The van der Waals surface area contributed by atoms with Crippen LogP contribution in [0.25, 0.3) is 0 Å². The van der Waals surface area contributed by atoms with Crippen molar-refractivity contribution in [3.8, 4) is 0 Å². The van der Waals surface area contributed by atoms with E-state index in [0.29, 0.717) is 12.0 Å². The second-order valence-corrected chi connectivity index (χ2v) is 4.66. The Morgan fingerprint density at radius 1 is 1.25 bits per heavy atom. The molecule has 0 bridgehead atoms. The first kappa shape index (κ1) is 14.7. The van der Waals surface area contributed by atoms with Crippen LogP contribution in [0.2, 0.25) is 0 Å². The molecular formula is C12H13F3N2O3. The van der Waals surface area contributed by atoms with Gasteiger partial charge in [-0.2, -0.15) is 13.2 Å². The highest BCUT2D eigenvalue weighted by Gasteiger charge is 2.42. The second-order valence-electron chi connectivity index (χ2n) is 4.66. The van der Waals surface area contributed by atoms with Gasteiger partial charge in [-0.1, -0.05) is 6.07 Å². The summed E-state index contributed by atoms with van der Waals surface area (Å²) in [5, 5.41) is 19.9. The van der Waals surface area contributed by atoms with Gasteiger partial charge in [0.25, 0.3) is 5.69 Å². The average Bonchev–Trinajstić information content (AvgIpc) is 2.58. The summed E-state index contributed by atoms with van der Waals surface area (Å²) in [6.45, 7) is 0.0698. The topological polar surface area (TPSA) is 66.6 Å². The number of halogens is 3. The van der Waals surface area contributed by atoms with Gasteiger partial charge in [0, 0.05) is 25.2 Å². The van der Waals surface area contributed by atoms with Crippen LogP contribution in [0.1, 0.15) is 11.1 Å². The fraction of sp³-hybridized carbons (Fsp3) is 0.500. The number of nitro benzene ring substituents is 1. The van der Waals surface area contributed by atoms with Crippen LogP contribution in [0, 0.1) is 10.1 Å². The summed E-state index contributed by atoms with van der Waals surface area (Å²) in [5.74, 6) is 0. The van der Waals surface area contributed by atoms with Gasteiger partial charge in [0.1, 0.15) is 0 Å². The van der Waals surface area contributed by atoms with Gasteiger partial charge in [0.05, 0.1) is 4.92 Å². The number of hydrogen-bond donors (Lipinski definition) is 1. The minimum Gasteiger partial charge on any atom is -0.370 e. The van der Waals surface area contributed by atoms with E-state index in [-0.39, 0.29) is 25.2 Å². The number of nitrogens with zero attached hydrogens (tertiary/aromatic N) is 2. The molecule has 1 aliphatic rings. The Morgan fingerprint density at radius 2 is 1.85 bits per heavy atom. The molecule has 0 aromatic heterocycles. The highest BCUT2D eigenvalue weighted by atomic mass is 19.4. The third kappa shape index (κ3) is 3.07. The van der Waals surface area contributed by atoms with Gasteiger partial charge in [0.2, 0.25) is 6.23 Å². The Morgan fingerprint density at radius 3 is 2.40 bits per heavy atom. The molecule has 20 heavy (non-hydrogen) atoms. The van der Waals surface area contributed by atoms with Crippen LogP contribution < -0.4 is 0 Å². The van der Waals surface area contributed by atoms with Crippen LogP contribution in [-0.2, 0) is 12.8 Å². The first-order valence-corrected chi connectivity index (χ1v) is 6.04. The number of rotatable bonds is 2. The Balaban J connectivity index is 2.16. The summed E-state index contributed by atoms with van der Waals surface area (Å²) in [7, 11) is 0. The predicted molar refractivity (Wildman–Crippen MR) is 64.1 cm³/mol. The maximum Gasteiger partial charge on any atom is 0.428 e. The summed E-state index contributed by atoms with van der Waals surface area (Å²) in [4.78, 5) is 11.1. The number of fused-ring (bicyclic) bond motifs is 1. The Hall–Kier alpha value is -1.67. The first-order chi connectivity index (χ1) is 9.29. The molecule has 0 aliphatic carbocycles. The molecule has 0 radical (unpaired) electrons. The van der Waals surface area contributed by atoms with E-state index in [0.717, 1.165) is 10.5 Å². The molecule has 0 spiro atoms. The molecular weight excluding hydrogens is 277 g/mol. The molecule has 1 aliphatic heterocycles. The molecule has 2 rings (SSSR count). The minimum absolute atomic E-state index is 0.00877. The lowest BCUT2D eigenvalue weighted by atomic mass is 10.0. The smallest absolute Gasteiger partial charge is 0.370 e. The van der Waals surface area contributed by atoms with Crippen LogP contribution >= 0.6 is 0 Å². The van der Waals surface area contributed by atoms with Crippen molar-refractivity contribution in [2.45, 2.75) is 25.2 Å². The number of non-ortho nitro benzene ring substituents is 1. The lowest BCUT2D eigenvalue weighted by Crippen LogP contribution is -2.46. The molecule has 0 saturated heterocycles. The molecule has 1 N–H and O–H groups in total. The maximum atomic E-state index is 12.5. The SMILES string of the molecule is O=[N+]([O-])c1ccc2c(c1)CCN(C(O)C(F)(F)F)CC2. The molecule has 1 aromatic rings. The third-order valence-electron chi connectivity index (χ3n) is 3.38. The van der Waals surface area contributed by atoms with E-state index < -0.39 is 17.3 Å². The Bertz CT molecular complexity index is 519. The number of benzene rings is 1. The van der Waals surface area contributed by atoms with Gasteiger partial charge in [-0.15, -0.1) is 0 Å².